The van der Waals surface area contributed by atoms with Crippen molar-refractivity contribution in [3.8, 4) is 0 Å². The first-order chi connectivity index (χ1) is 8.20. The van der Waals surface area contributed by atoms with E-state index in [4.69, 9.17) is 10.5 Å². The molecule has 0 aromatic heterocycles. The average Bonchev–Trinajstić information content (AvgIpc) is 2.39. The summed E-state index contributed by atoms with van der Waals surface area (Å²) in [5.41, 5.74) is 6.86. The van der Waals surface area contributed by atoms with E-state index < -0.39 is 6.04 Å². The van der Waals surface area contributed by atoms with Crippen LogP contribution in [0.5, 0.6) is 0 Å². The van der Waals surface area contributed by atoms with E-state index >= 15 is 0 Å². The predicted molar refractivity (Wildman–Crippen MR) is 65.4 cm³/mol. The van der Waals surface area contributed by atoms with Crippen LogP contribution >= 0.6 is 0 Å². The van der Waals surface area contributed by atoms with E-state index in [1.54, 1.807) is 4.90 Å². The Morgan fingerprint density at radius 2 is 2.18 bits per heavy atom. The summed E-state index contributed by atoms with van der Waals surface area (Å²) in [6, 6.07) is 9.00. The zero-order valence-corrected chi connectivity index (χ0v) is 10.0. The van der Waals surface area contributed by atoms with E-state index in [9.17, 15) is 4.79 Å². The second-order valence-electron chi connectivity index (χ2n) is 4.34. The molecule has 1 saturated heterocycles. The molecule has 0 aliphatic carbocycles. The Morgan fingerprint density at radius 3 is 2.82 bits per heavy atom. The van der Waals surface area contributed by atoms with E-state index in [1.165, 1.54) is 0 Å². The number of morpholine rings is 1. The van der Waals surface area contributed by atoms with E-state index in [2.05, 4.69) is 0 Å². The molecule has 1 aliphatic rings. The number of rotatable bonds is 2. The molecule has 1 amide bonds. The first-order valence-corrected chi connectivity index (χ1v) is 5.89. The molecule has 1 unspecified atom stereocenters. The minimum atomic E-state index is -0.572. The smallest absolute Gasteiger partial charge is 0.244 e. The number of carbonyl (C=O) groups is 1. The highest BCUT2D eigenvalue weighted by Crippen LogP contribution is 2.16. The van der Waals surface area contributed by atoms with Crippen LogP contribution in [0.25, 0.3) is 0 Å². The van der Waals surface area contributed by atoms with Crippen molar-refractivity contribution >= 4 is 5.91 Å². The van der Waals surface area contributed by atoms with E-state index in [-0.39, 0.29) is 11.9 Å². The molecule has 2 N–H and O–H groups in total. The Morgan fingerprint density at radius 1 is 1.47 bits per heavy atom. The molecule has 0 bridgehead atoms. The normalized spacial score (nSPS) is 22.2. The van der Waals surface area contributed by atoms with Gasteiger partial charge in [0.05, 0.1) is 19.3 Å². The van der Waals surface area contributed by atoms with Gasteiger partial charge in [-0.2, -0.15) is 0 Å². The summed E-state index contributed by atoms with van der Waals surface area (Å²) in [6.45, 7) is 3.79. The number of amides is 1. The summed E-state index contributed by atoms with van der Waals surface area (Å²) in [5, 5.41) is 0. The Bertz CT molecular complexity index is 380. The molecule has 1 heterocycles. The highest BCUT2D eigenvalue weighted by Gasteiger charge is 2.28. The fraction of sp³-hybridized carbons (Fsp3) is 0.462. The molecule has 4 nitrogen and oxygen atoms in total. The highest BCUT2D eigenvalue weighted by atomic mass is 16.5. The minimum Gasteiger partial charge on any atom is -0.377 e. The minimum absolute atomic E-state index is 0.0213. The molecular weight excluding hydrogens is 216 g/mol. The fourth-order valence-corrected chi connectivity index (χ4v) is 2.04. The molecule has 92 valence electrons. The van der Waals surface area contributed by atoms with Gasteiger partial charge < -0.3 is 15.4 Å². The molecular formula is C13H18N2O2. The quantitative estimate of drug-likeness (QED) is 0.828. The number of ether oxygens (including phenoxy) is 1. The molecule has 4 heteroatoms. The number of nitrogens with two attached hydrogens (primary N) is 1. The summed E-state index contributed by atoms with van der Waals surface area (Å²) in [7, 11) is 0. The van der Waals surface area contributed by atoms with Crippen molar-refractivity contribution in [2.75, 3.05) is 19.8 Å². The molecule has 2 rings (SSSR count). The predicted octanol–water partition coefficient (Wildman–Crippen LogP) is 0.934. The average molecular weight is 234 g/mol. The van der Waals surface area contributed by atoms with Gasteiger partial charge in [-0.05, 0) is 12.5 Å². The van der Waals surface area contributed by atoms with Gasteiger partial charge in [0.25, 0.3) is 0 Å². The van der Waals surface area contributed by atoms with Crippen molar-refractivity contribution in [3.05, 3.63) is 35.9 Å². The lowest BCUT2D eigenvalue weighted by molar-refractivity contribution is -0.140. The van der Waals surface area contributed by atoms with Crippen LogP contribution in [0.4, 0.5) is 0 Å². The Kier molecular flexibility index (Phi) is 3.76. The van der Waals surface area contributed by atoms with Gasteiger partial charge in [0.2, 0.25) is 5.91 Å². The summed E-state index contributed by atoms with van der Waals surface area (Å²) in [4.78, 5) is 14.1. The second-order valence-corrected chi connectivity index (χ2v) is 4.34. The molecule has 1 aliphatic heterocycles. The van der Waals surface area contributed by atoms with Crippen molar-refractivity contribution in [1.29, 1.82) is 0 Å². The van der Waals surface area contributed by atoms with Crippen LogP contribution in [0, 0.1) is 0 Å². The maximum atomic E-state index is 12.3. The van der Waals surface area contributed by atoms with Gasteiger partial charge >= 0.3 is 0 Å². The SMILES string of the molecule is CC1COCCN1C(=O)[C@@H](N)c1ccccc1. The fourth-order valence-electron chi connectivity index (χ4n) is 2.04. The zero-order valence-electron chi connectivity index (χ0n) is 10.0. The Hall–Kier alpha value is -1.39. The van der Waals surface area contributed by atoms with Gasteiger partial charge in [-0.25, -0.2) is 0 Å². The maximum Gasteiger partial charge on any atom is 0.244 e. The van der Waals surface area contributed by atoms with Crippen LogP contribution in [-0.4, -0.2) is 36.6 Å². The number of carbonyl (C=O) groups excluding carboxylic acids is 1. The molecule has 2 atom stereocenters. The van der Waals surface area contributed by atoms with Gasteiger partial charge in [0.1, 0.15) is 6.04 Å². The second kappa shape index (κ2) is 5.29. The van der Waals surface area contributed by atoms with Gasteiger partial charge in [-0.3, -0.25) is 4.79 Å². The Balaban J connectivity index is 2.09. The van der Waals surface area contributed by atoms with Gasteiger partial charge in [0, 0.05) is 6.54 Å². The first-order valence-electron chi connectivity index (χ1n) is 5.89. The maximum absolute atomic E-state index is 12.3. The van der Waals surface area contributed by atoms with Gasteiger partial charge in [-0.1, -0.05) is 30.3 Å². The third-order valence-corrected chi connectivity index (χ3v) is 3.08. The van der Waals surface area contributed by atoms with Gasteiger partial charge in [-0.15, -0.1) is 0 Å². The van der Waals surface area contributed by atoms with Crippen LogP contribution < -0.4 is 5.73 Å². The molecule has 1 aromatic rings. The van der Waals surface area contributed by atoms with Crippen molar-refractivity contribution < 1.29 is 9.53 Å². The molecule has 0 spiro atoms. The van der Waals surface area contributed by atoms with Crippen LogP contribution in [-0.2, 0) is 9.53 Å². The molecule has 0 saturated carbocycles. The van der Waals surface area contributed by atoms with E-state index in [0.717, 1.165) is 5.56 Å². The van der Waals surface area contributed by atoms with Crippen LogP contribution in [0.2, 0.25) is 0 Å². The number of hydrogen-bond donors (Lipinski definition) is 1. The summed E-state index contributed by atoms with van der Waals surface area (Å²) in [6.07, 6.45) is 0. The van der Waals surface area contributed by atoms with Crippen LogP contribution in [0.15, 0.2) is 30.3 Å². The Labute approximate surface area is 101 Å². The summed E-state index contributed by atoms with van der Waals surface area (Å²) >= 11 is 0. The molecule has 17 heavy (non-hydrogen) atoms. The largest absolute Gasteiger partial charge is 0.377 e. The number of hydrogen-bond acceptors (Lipinski definition) is 3. The lowest BCUT2D eigenvalue weighted by atomic mass is 10.1. The van der Waals surface area contributed by atoms with Gasteiger partial charge in [0.15, 0.2) is 0 Å². The highest BCUT2D eigenvalue weighted by molar-refractivity contribution is 5.83. The standard InChI is InChI=1S/C13H18N2O2/c1-10-9-17-8-7-15(10)13(16)12(14)11-5-3-2-4-6-11/h2-6,10,12H,7-9,14H2,1H3/t10?,12-/m0/s1. The lowest BCUT2D eigenvalue weighted by Gasteiger charge is -2.35. The van der Waals surface area contributed by atoms with E-state index in [1.807, 2.05) is 37.3 Å². The van der Waals surface area contributed by atoms with Crippen molar-refractivity contribution in [3.63, 3.8) is 0 Å². The monoisotopic (exact) mass is 234 g/mol. The lowest BCUT2D eigenvalue weighted by Crippen LogP contribution is -2.50. The number of benzene rings is 1. The topological polar surface area (TPSA) is 55.6 Å². The van der Waals surface area contributed by atoms with Crippen LogP contribution in [0.3, 0.4) is 0 Å². The van der Waals surface area contributed by atoms with Crippen molar-refractivity contribution in [2.24, 2.45) is 5.73 Å². The van der Waals surface area contributed by atoms with Crippen LogP contribution in [0.1, 0.15) is 18.5 Å². The zero-order chi connectivity index (χ0) is 12.3. The third-order valence-electron chi connectivity index (χ3n) is 3.08. The molecule has 0 radical (unpaired) electrons. The van der Waals surface area contributed by atoms with E-state index in [0.29, 0.717) is 19.8 Å². The number of nitrogens with zero attached hydrogens (tertiary/aromatic N) is 1. The third kappa shape index (κ3) is 2.65. The molecule has 1 aromatic carbocycles. The molecule has 1 fully saturated rings. The van der Waals surface area contributed by atoms with Crippen molar-refractivity contribution in [2.45, 2.75) is 19.0 Å². The summed E-state index contributed by atoms with van der Waals surface area (Å²) < 4.78 is 5.31. The first kappa shape index (κ1) is 12.1. The van der Waals surface area contributed by atoms with Crippen molar-refractivity contribution in [1.82, 2.24) is 4.90 Å². The summed E-state index contributed by atoms with van der Waals surface area (Å²) in [5.74, 6) is -0.0213.